The fourth-order valence-corrected chi connectivity index (χ4v) is 2.13. The standard InChI is InChI=1S/C12H16N2O/c1-8-3-4-9(2)10(7-8)12(5-6-12)11(15)14-13/h3-4,7H,5-6,13H2,1-2H3,(H,14,15). The monoisotopic (exact) mass is 204 g/mol. The van der Waals surface area contributed by atoms with E-state index in [1.165, 1.54) is 11.1 Å². The predicted molar refractivity (Wildman–Crippen MR) is 59.2 cm³/mol. The number of nitrogens with one attached hydrogen (secondary N) is 1. The fourth-order valence-electron chi connectivity index (χ4n) is 2.13. The number of hydrogen-bond acceptors (Lipinski definition) is 2. The van der Waals surface area contributed by atoms with Crippen LogP contribution in [0.15, 0.2) is 18.2 Å². The number of amides is 1. The topological polar surface area (TPSA) is 55.1 Å². The van der Waals surface area contributed by atoms with Crippen LogP contribution in [0.3, 0.4) is 0 Å². The van der Waals surface area contributed by atoms with Crippen molar-refractivity contribution in [3.63, 3.8) is 0 Å². The zero-order valence-corrected chi connectivity index (χ0v) is 9.13. The van der Waals surface area contributed by atoms with Crippen LogP contribution < -0.4 is 11.3 Å². The summed E-state index contributed by atoms with van der Waals surface area (Å²) in [7, 11) is 0. The molecule has 0 spiro atoms. The molecule has 2 rings (SSSR count). The van der Waals surface area contributed by atoms with Gasteiger partial charge in [0.15, 0.2) is 0 Å². The van der Waals surface area contributed by atoms with Crippen LogP contribution >= 0.6 is 0 Å². The molecule has 1 aliphatic carbocycles. The third-order valence-electron chi connectivity index (χ3n) is 3.22. The first kappa shape index (κ1) is 10.2. The summed E-state index contributed by atoms with van der Waals surface area (Å²) in [4.78, 5) is 11.7. The summed E-state index contributed by atoms with van der Waals surface area (Å²) in [5.41, 5.74) is 5.42. The van der Waals surface area contributed by atoms with Crippen LogP contribution in [0.5, 0.6) is 0 Å². The van der Waals surface area contributed by atoms with E-state index < -0.39 is 0 Å². The summed E-state index contributed by atoms with van der Waals surface area (Å²) in [6, 6.07) is 6.22. The zero-order chi connectivity index (χ0) is 11.1. The van der Waals surface area contributed by atoms with Gasteiger partial charge in [0.2, 0.25) is 5.91 Å². The van der Waals surface area contributed by atoms with Crippen LogP contribution in [-0.4, -0.2) is 5.91 Å². The number of rotatable bonds is 2. The molecule has 1 saturated carbocycles. The average molecular weight is 204 g/mol. The van der Waals surface area contributed by atoms with E-state index in [0.717, 1.165) is 18.4 Å². The van der Waals surface area contributed by atoms with E-state index in [0.29, 0.717) is 0 Å². The number of carbonyl (C=O) groups excluding carboxylic acids is 1. The molecule has 1 aliphatic rings. The lowest BCUT2D eigenvalue weighted by molar-refractivity contribution is -0.123. The molecule has 1 aromatic rings. The molecule has 0 atom stereocenters. The van der Waals surface area contributed by atoms with E-state index >= 15 is 0 Å². The lowest BCUT2D eigenvalue weighted by Gasteiger charge is -2.16. The van der Waals surface area contributed by atoms with Crippen molar-refractivity contribution in [2.45, 2.75) is 32.1 Å². The largest absolute Gasteiger partial charge is 0.293 e. The van der Waals surface area contributed by atoms with Crippen LogP contribution in [0.25, 0.3) is 0 Å². The molecule has 1 amide bonds. The highest BCUT2D eigenvalue weighted by Crippen LogP contribution is 2.49. The van der Waals surface area contributed by atoms with Crippen molar-refractivity contribution in [2.24, 2.45) is 5.84 Å². The van der Waals surface area contributed by atoms with Gasteiger partial charge in [-0.3, -0.25) is 10.2 Å². The third kappa shape index (κ3) is 1.53. The van der Waals surface area contributed by atoms with E-state index in [4.69, 9.17) is 5.84 Å². The number of hydrazine groups is 1. The summed E-state index contributed by atoms with van der Waals surface area (Å²) >= 11 is 0. The fraction of sp³-hybridized carbons (Fsp3) is 0.417. The molecule has 1 fully saturated rings. The molecule has 3 nitrogen and oxygen atoms in total. The molecule has 0 bridgehead atoms. The summed E-state index contributed by atoms with van der Waals surface area (Å²) in [6.45, 7) is 4.08. The maximum Gasteiger partial charge on any atom is 0.244 e. The second-order valence-corrected chi connectivity index (χ2v) is 4.37. The molecule has 0 unspecified atom stereocenters. The van der Waals surface area contributed by atoms with E-state index in [1.54, 1.807) is 0 Å². The molecular weight excluding hydrogens is 188 g/mol. The molecule has 3 heteroatoms. The zero-order valence-electron chi connectivity index (χ0n) is 9.13. The second kappa shape index (κ2) is 3.35. The Morgan fingerprint density at radius 1 is 1.40 bits per heavy atom. The minimum atomic E-state index is -0.342. The lowest BCUT2D eigenvalue weighted by atomic mass is 9.90. The third-order valence-corrected chi connectivity index (χ3v) is 3.22. The van der Waals surface area contributed by atoms with E-state index in [9.17, 15) is 4.79 Å². The Hall–Kier alpha value is -1.35. The van der Waals surface area contributed by atoms with Gasteiger partial charge in [0, 0.05) is 0 Å². The summed E-state index contributed by atoms with van der Waals surface area (Å²) in [5, 5.41) is 0. The van der Waals surface area contributed by atoms with Crippen molar-refractivity contribution in [2.75, 3.05) is 0 Å². The average Bonchev–Trinajstić information content (AvgIpc) is 3.01. The van der Waals surface area contributed by atoms with Gasteiger partial charge in [-0.1, -0.05) is 23.8 Å². The lowest BCUT2D eigenvalue weighted by Crippen LogP contribution is -2.39. The van der Waals surface area contributed by atoms with Gasteiger partial charge < -0.3 is 0 Å². The summed E-state index contributed by atoms with van der Waals surface area (Å²) < 4.78 is 0. The van der Waals surface area contributed by atoms with E-state index in [-0.39, 0.29) is 11.3 Å². The predicted octanol–water partition coefficient (Wildman–Crippen LogP) is 1.32. The van der Waals surface area contributed by atoms with Crippen molar-refractivity contribution < 1.29 is 4.79 Å². The Morgan fingerprint density at radius 3 is 2.60 bits per heavy atom. The second-order valence-electron chi connectivity index (χ2n) is 4.37. The molecule has 3 N–H and O–H groups in total. The van der Waals surface area contributed by atoms with Gasteiger partial charge >= 0.3 is 0 Å². The number of carbonyl (C=O) groups is 1. The number of nitrogens with two attached hydrogens (primary N) is 1. The smallest absolute Gasteiger partial charge is 0.244 e. The number of aryl methyl sites for hydroxylation is 2. The van der Waals surface area contributed by atoms with Crippen LogP contribution in [0.2, 0.25) is 0 Å². The molecule has 1 aromatic carbocycles. The Kier molecular flexibility index (Phi) is 2.27. The molecule has 0 aliphatic heterocycles. The molecule has 0 aromatic heterocycles. The first-order valence-corrected chi connectivity index (χ1v) is 5.19. The molecular formula is C12H16N2O. The summed E-state index contributed by atoms with van der Waals surface area (Å²) in [6.07, 6.45) is 1.81. The van der Waals surface area contributed by atoms with Gasteiger partial charge in [-0.05, 0) is 37.8 Å². The van der Waals surface area contributed by atoms with Crippen LogP contribution in [0.1, 0.15) is 29.5 Å². The van der Waals surface area contributed by atoms with Crippen molar-refractivity contribution in [1.82, 2.24) is 5.43 Å². The minimum Gasteiger partial charge on any atom is -0.293 e. The van der Waals surface area contributed by atoms with Gasteiger partial charge in [0.05, 0.1) is 5.41 Å². The Labute approximate surface area is 89.6 Å². The quantitative estimate of drug-likeness (QED) is 0.434. The SMILES string of the molecule is Cc1ccc(C)c(C2(C(=O)NN)CC2)c1. The van der Waals surface area contributed by atoms with Gasteiger partial charge in [-0.15, -0.1) is 0 Å². The highest BCUT2D eigenvalue weighted by molar-refractivity contribution is 5.91. The Morgan fingerprint density at radius 2 is 2.07 bits per heavy atom. The van der Waals surface area contributed by atoms with E-state index in [2.05, 4.69) is 23.6 Å². The first-order valence-electron chi connectivity index (χ1n) is 5.19. The molecule has 0 saturated heterocycles. The highest BCUT2D eigenvalue weighted by atomic mass is 16.2. The Bertz CT molecular complexity index is 408. The van der Waals surface area contributed by atoms with Crippen molar-refractivity contribution in [3.05, 3.63) is 34.9 Å². The summed E-state index contributed by atoms with van der Waals surface area (Å²) in [5.74, 6) is 5.17. The van der Waals surface area contributed by atoms with Crippen molar-refractivity contribution in [3.8, 4) is 0 Å². The molecule has 0 heterocycles. The minimum absolute atomic E-state index is 0.0591. The van der Waals surface area contributed by atoms with Gasteiger partial charge in [0.25, 0.3) is 0 Å². The number of benzene rings is 1. The van der Waals surface area contributed by atoms with Crippen LogP contribution in [-0.2, 0) is 10.2 Å². The van der Waals surface area contributed by atoms with Crippen LogP contribution in [0, 0.1) is 13.8 Å². The van der Waals surface area contributed by atoms with Gasteiger partial charge in [-0.25, -0.2) is 5.84 Å². The van der Waals surface area contributed by atoms with Gasteiger partial charge in [-0.2, -0.15) is 0 Å². The highest BCUT2D eigenvalue weighted by Gasteiger charge is 2.51. The molecule has 0 radical (unpaired) electrons. The maximum absolute atomic E-state index is 11.7. The molecule has 80 valence electrons. The van der Waals surface area contributed by atoms with Crippen molar-refractivity contribution >= 4 is 5.91 Å². The molecule has 15 heavy (non-hydrogen) atoms. The normalized spacial score (nSPS) is 17.3. The Balaban J connectivity index is 2.45. The van der Waals surface area contributed by atoms with Crippen molar-refractivity contribution in [1.29, 1.82) is 0 Å². The number of hydrogen-bond donors (Lipinski definition) is 2. The van der Waals surface area contributed by atoms with E-state index in [1.807, 2.05) is 13.8 Å². The van der Waals surface area contributed by atoms with Crippen LogP contribution in [0.4, 0.5) is 0 Å². The maximum atomic E-state index is 11.7. The van der Waals surface area contributed by atoms with Gasteiger partial charge in [0.1, 0.15) is 0 Å². The first-order chi connectivity index (χ1) is 7.10.